The van der Waals surface area contributed by atoms with Crippen LogP contribution in [0.2, 0.25) is 0 Å². The summed E-state index contributed by atoms with van der Waals surface area (Å²) in [5, 5.41) is 3.34. The van der Waals surface area contributed by atoms with E-state index >= 15 is 0 Å². The maximum atomic E-state index is 14.0. The van der Waals surface area contributed by atoms with Gasteiger partial charge < -0.3 is 10.1 Å². The van der Waals surface area contributed by atoms with Crippen molar-refractivity contribution in [3.63, 3.8) is 0 Å². The Bertz CT molecular complexity index is 616. The fourth-order valence-corrected chi connectivity index (χ4v) is 2.47. The first kappa shape index (κ1) is 16.0. The Morgan fingerprint density at radius 1 is 1.19 bits per heavy atom. The molecule has 21 heavy (non-hydrogen) atoms. The van der Waals surface area contributed by atoms with Gasteiger partial charge in [-0.3, -0.25) is 0 Å². The van der Waals surface area contributed by atoms with Gasteiger partial charge in [0, 0.05) is 6.54 Å². The molecule has 2 aromatic carbocycles. The van der Waals surface area contributed by atoms with Crippen molar-refractivity contribution in [1.82, 2.24) is 5.32 Å². The molecule has 2 rings (SSSR count). The van der Waals surface area contributed by atoms with E-state index in [-0.39, 0.29) is 11.6 Å². The highest BCUT2D eigenvalue weighted by Gasteiger charge is 2.09. The Hall–Kier alpha value is -1.39. The number of halogens is 2. The smallest absolute Gasteiger partial charge is 0.168 e. The van der Waals surface area contributed by atoms with Crippen LogP contribution in [0.5, 0.6) is 11.5 Å². The molecule has 0 saturated heterocycles. The lowest BCUT2D eigenvalue weighted by Crippen LogP contribution is -2.13. The fraction of sp³-hybridized carbons (Fsp3) is 0.294. The summed E-state index contributed by atoms with van der Waals surface area (Å²) in [6.45, 7) is 5.66. The predicted octanol–water partition coefficient (Wildman–Crippen LogP) is 5.19. The molecule has 112 valence electrons. The third-order valence-corrected chi connectivity index (χ3v) is 3.75. The lowest BCUT2D eigenvalue weighted by Gasteiger charge is -2.11. The molecule has 1 N–H and O–H groups in total. The summed E-state index contributed by atoms with van der Waals surface area (Å²) in [4.78, 5) is 0. The fourth-order valence-electron chi connectivity index (χ4n) is 1.96. The summed E-state index contributed by atoms with van der Waals surface area (Å²) in [7, 11) is 0. The van der Waals surface area contributed by atoms with E-state index in [0.717, 1.165) is 29.5 Å². The van der Waals surface area contributed by atoms with Crippen LogP contribution >= 0.6 is 15.9 Å². The van der Waals surface area contributed by atoms with Crippen molar-refractivity contribution in [2.45, 2.75) is 26.8 Å². The third kappa shape index (κ3) is 4.29. The zero-order chi connectivity index (χ0) is 15.2. The standard InChI is InChI=1S/C17H19BrFNO/c1-3-9-20-11-13-7-8-15(14(18)10-13)21-16-6-4-5-12(2)17(16)19/h4-8,10,20H,3,9,11H2,1-2H3. The predicted molar refractivity (Wildman–Crippen MR) is 87.4 cm³/mol. The van der Waals surface area contributed by atoms with Crippen molar-refractivity contribution in [1.29, 1.82) is 0 Å². The molecule has 0 spiro atoms. The van der Waals surface area contributed by atoms with Crippen LogP contribution in [0, 0.1) is 12.7 Å². The van der Waals surface area contributed by atoms with Gasteiger partial charge in [-0.1, -0.05) is 25.1 Å². The lowest BCUT2D eigenvalue weighted by molar-refractivity contribution is 0.437. The van der Waals surface area contributed by atoms with Crippen LogP contribution in [0.4, 0.5) is 4.39 Å². The quantitative estimate of drug-likeness (QED) is 0.723. The van der Waals surface area contributed by atoms with Gasteiger partial charge in [-0.25, -0.2) is 4.39 Å². The molecule has 0 aliphatic heterocycles. The van der Waals surface area contributed by atoms with Crippen LogP contribution in [0.3, 0.4) is 0 Å². The van der Waals surface area contributed by atoms with Crippen molar-refractivity contribution < 1.29 is 9.13 Å². The van der Waals surface area contributed by atoms with Gasteiger partial charge in [0.05, 0.1) is 4.47 Å². The number of ether oxygens (including phenoxy) is 1. The average Bonchev–Trinajstić information content (AvgIpc) is 2.47. The number of rotatable bonds is 6. The number of benzene rings is 2. The second-order valence-corrected chi connectivity index (χ2v) is 5.78. The zero-order valence-electron chi connectivity index (χ0n) is 12.2. The highest BCUT2D eigenvalue weighted by atomic mass is 79.9. The molecule has 0 heterocycles. The van der Waals surface area contributed by atoms with Crippen molar-refractivity contribution in [3.8, 4) is 11.5 Å². The topological polar surface area (TPSA) is 21.3 Å². The Morgan fingerprint density at radius 2 is 2.00 bits per heavy atom. The van der Waals surface area contributed by atoms with E-state index in [9.17, 15) is 4.39 Å². The highest BCUT2D eigenvalue weighted by molar-refractivity contribution is 9.10. The molecule has 2 nitrogen and oxygen atoms in total. The van der Waals surface area contributed by atoms with Gasteiger partial charge in [0.2, 0.25) is 0 Å². The monoisotopic (exact) mass is 351 g/mol. The van der Waals surface area contributed by atoms with Crippen LogP contribution in [-0.2, 0) is 6.54 Å². The number of hydrogen-bond donors (Lipinski definition) is 1. The normalized spacial score (nSPS) is 10.7. The van der Waals surface area contributed by atoms with Gasteiger partial charge in [0.15, 0.2) is 11.6 Å². The minimum absolute atomic E-state index is 0.243. The summed E-state index contributed by atoms with van der Waals surface area (Å²) >= 11 is 3.48. The molecule has 0 amide bonds. The molecule has 0 atom stereocenters. The van der Waals surface area contributed by atoms with Crippen LogP contribution < -0.4 is 10.1 Å². The van der Waals surface area contributed by atoms with Crippen LogP contribution in [0.1, 0.15) is 24.5 Å². The zero-order valence-corrected chi connectivity index (χ0v) is 13.8. The Balaban J connectivity index is 2.12. The van der Waals surface area contributed by atoms with Gasteiger partial charge >= 0.3 is 0 Å². The van der Waals surface area contributed by atoms with Crippen LogP contribution in [-0.4, -0.2) is 6.54 Å². The minimum Gasteiger partial charge on any atom is -0.453 e. The third-order valence-electron chi connectivity index (χ3n) is 3.13. The molecule has 0 radical (unpaired) electrons. The second-order valence-electron chi connectivity index (χ2n) is 4.93. The molecule has 0 unspecified atom stereocenters. The van der Waals surface area contributed by atoms with Gasteiger partial charge in [0.1, 0.15) is 5.75 Å². The van der Waals surface area contributed by atoms with Gasteiger partial charge in [-0.15, -0.1) is 0 Å². The van der Waals surface area contributed by atoms with E-state index in [0.29, 0.717) is 11.3 Å². The van der Waals surface area contributed by atoms with Gasteiger partial charge in [-0.05, 0) is 65.1 Å². The van der Waals surface area contributed by atoms with Gasteiger partial charge in [0.25, 0.3) is 0 Å². The summed E-state index contributed by atoms with van der Waals surface area (Å²) in [5.41, 5.74) is 1.73. The van der Waals surface area contributed by atoms with E-state index in [2.05, 4.69) is 28.2 Å². The minimum atomic E-state index is -0.321. The van der Waals surface area contributed by atoms with E-state index in [1.807, 2.05) is 18.2 Å². The Labute approximate surface area is 133 Å². The van der Waals surface area contributed by atoms with Gasteiger partial charge in [-0.2, -0.15) is 0 Å². The largest absolute Gasteiger partial charge is 0.453 e. The maximum Gasteiger partial charge on any atom is 0.168 e. The van der Waals surface area contributed by atoms with Crippen LogP contribution in [0.15, 0.2) is 40.9 Å². The SMILES string of the molecule is CCCNCc1ccc(Oc2cccc(C)c2F)c(Br)c1. The number of nitrogens with one attached hydrogen (secondary N) is 1. The lowest BCUT2D eigenvalue weighted by atomic mass is 10.2. The molecule has 0 aliphatic rings. The van der Waals surface area contributed by atoms with E-state index in [4.69, 9.17) is 4.74 Å². The van der Waals surface area contributed by atoms with E-state index < -0.39 is 0 Å². The Kier molecular flexibility index (Phi) is 5.76. The molecule has 2 aromatic rings. The summed E-state index contributed by atoms with van der Waals surface area (Å²) in [6, 6.07) is 11.0. The molecule has 0 aliphatic carbocycles. The molecular weight excluding hydrogens is 333 g/mol. The first-order chi connectivity index (χ1) is 10.1. The molecule has 4 heteroatoms. The summed E-state index contributed by atoms with van der Waals surface area (Å²) < 4.78 is 20.4. The average molecular weight is 352 g/mol. The Morgan fingerprint density at radius 3 is 2.71 bits per heavy atom. The number of aryl methyl sites for hydroxylation is 1. The maximum absolute atomic E-state index is 14.0. The van der Waals surface area contributed by atoms with Crippen molar-refractivity contribution in [3.05, 3.63) is 57.8 Å². The molecule has 0 bridgehead atoms. The number of hydrogen-bond acceptors (Lipinski definition) is 2. The molecular formula is C17H19BrFNO. The first-order valence-corrected chi connectivity index (χ1v) is 7.83. The highest BCUT2D eigenvalue weighted by Crippen LogP contribution is 2.32. The van der Waals surface area contributed by atoms with Crippen molar-refractivity contribution >= 4 is 15.9 Å². The second kappa shape index (κ2) is 7.57. The molecule has 0 saturated carbocycles. The van der Waals surface area contributed by atoms with Crippen LogP contribution in [0.25, 0.3) is 0 Å². The summed E-state index contributed by atoms with van der Waals surface area (Å²) in [5.74, 6) is 0.532. The molecule has 0 aromatic heterocycles. The summed E-state index contributed by atoms with van der Waals surface area (Å²) in [6.07, 6.45) is 1.11. The molecule has 0 fully saturated rings. The van der Waals surface area contributed by atoms with Crippen molar-refractivity contribution in [2.75, 3.05) is 6.54 Å². The van der Waals surface area contributed by atoms with E-state index in [1.54, 1.807) is 25.1 Å². The van der Waals surface area contributed by atoms with Crippen molar-refractivity contribution in [2.24, 2.45) is 0 Å². The van der Waals surface area contributed by atoms with E-state index in [1.165, 1.54) is 0 Å². The first-order valence-electron chi connectivity index (χ1n) is 7.04.